The van der Waals surface area contributed by atoms with E-state index in [0.717, 1.165) is 8.61 Å². The molecule has 1 unspecified atom stereocenters. The number of hydrogen-bond acceptors (Lipinski definition) is 6. The number of aliphatic carboxylic acids is 1. The van der Waals surface area contributed by atoms with Crippen molar-refractivity contribution in [3.05, 3.63) is 0 Å². The Hall–Kier alpha value is -1.23. The molecule has 0 aromatic rings. The third-order valence-corrected chi connectivity index (χ3v) is 4.81. The van der Waals surface area contributed by atoms with E-state index in [-0.39, 0.29) is 32.7 Å². The number of ether oxygens (including phenoxy) is 2. The van der Waals surface area contributed by atoms with Crippen LogP contribution in [0.25, 0.3) is 0 Å². The van der Waals surface area contributed by atoms with Gasteiger partial charge in [-0.1, -0.05) is 0 Å². The Morgan fingerprint density at radius 3 is 2.70 bits per heavy atom. The third-order valence-electron chi connectivity index (χ3n) is 2.85. The Morgan fingerprint density at radius 2 is 2.15 bits per heavy atom. The highest BCUT2D eigenvalue weighted by Gasteiger charge is 2.35. The number of hydrogen-bond donors (Lipinski definition) is 1. The summed E-state index contributed by atoms with van der Waals surface area (Å²) in [4.78, 5) is 21.8. The standard InChI is InChI=1S/C10H18N2O7S/c1-11(4-3-9(13)14)20(16,17)12-5-6-19-8(7-12)10(15)18-2/h8H,3-7H2,1-2H3,(H,13,14). The minimum atomic E-state index is -3.82. The van der Waals surface area contributed by atoms with Crippen LogP contribution in [-0.4, -0.2) is 80.6 Å². The summed E-state index contributed by atoms with van der Waals surface area (Å²) in [6.45, 7) is -0.108. The Kier molecular flexibility index (Phi) is 5.87. The van der Waals surface area contributed by atoms with Gasteiger partial charge in [-0.25, -0.2) is 4.79 Å². The van der Waals surface area contributed by atoms with Crippen LogP contribution in [0.3, 0.4) is 0 Å². The van der Waals surface area contributed by atoms with Crippen LogP contribution >= 0.6 is 0 Å². The zero-order valence-electron chi connectivity index (χ0n) is 11.3. The summed E-state index contributed by atoms with van der Waals surface area (Å²) in [7, 11) is -1.33. The van der Waals surface area contributed by atoms with E-state index >= 15 is 0 Å². The molecule has 1 N–H and O–H groups in total. The molecule has 0 radical (unpaired) electrons. The molecule has 10 heteroatoms. The molecular weight excluding hydrogens is 292 g/mol. The van der Waals surface area contributed by atoms with Gasteiger partial charge in [-0.2, -0.15) is 17.0 Å². The van der Waals surface area contributed by atoms with Crippen molar-refractivity contribution in [2.45, 2.75) is 12.5 Å². The number of carboxylic acids is 1. The topological polar surface area (TPSA) is 113 Å². The molecule has 116 valence electrons. The summed E-state index contributed by atoms with van der Waals surface area (Å²) < 4.78 is 36.1. The minimum Gasteiger partial charge on any atom is -0.481 e. The second-order valence-electron chi connectivity index (χ2n) is 4.21. The second kappa shape index (κ2) is 6.97. The predicted octanol–water partition coefficient (Wildman–Crippen LogP) is -1.49. The molecule has 1 rings (SSSR count). The van der Waals surface area contributed by atoms with Gasteiger partial charge in [0.05, 0.1) is 26.7 Å². The molecule has 1 fully saturated rings. The summed E-state index contributed by atoms with van der Waals surface area (Å²) in [5.74, 6) is -1.72. The molecular formula is C10H18N2O7S. The minimum absolute atomic E-state index is 0.0752. The van der Waals surface area contributed by atoms with Crippen LogP contribution in [0, 0.1) is 0 Å². The van der Waals surface area contributed by atoms with Crippen LogP contribution in [0.5, 0.6) is 0 Å². The number of carbonyl (C=O) groups is 2. The van der Waals surface area contributed by atoms with E-state index in [0.29, 0.717) is 0 Å². The van der Waals surface area contributed by atoms with Crippen LogP contribution in [0.1, 0.15) is 6.42 Å². The molecule has 0 aliphatic carbocycles. The van der Waals surface area contributed by atoms with Crippen LogP contribution in [0.4, 0.5) is 0 Å². The first-order valence-electron chi connectivity index (χ1n) is 5.91. The lowest BCUT2D eigenvalue weighted by Crippen LogP contribution is -2.52. The van der Waals surface area contributed by atoms with Gasteiger partial charge in [0.2, 0.25) is 0 Å². The van der Waals surface area contributed by atoms with Crippen molar-refractivity contribution in [2.75, 3.05) is 40.4 Å². The number of carboxylic acid groups (broad SMARTS) is 1. The zero-order chi connectivity index (χ0) is 15.3. The van der Waals surface area contributed by atoms with Crippen LogP contribution in [0.2, 0.25) is 0 Å². The summed E-state index contributed by atoms with van der Waals surface area (Å²) in [6.07, 6.45) is -1.25. The molecule has 0 bridgehead atoms. The summed E-state index contributed by atoms with van der Waals surface area (Å²) in [5, 5.41) is 8.57. The number of nitrogens with zero attached hydrogens (tertiary/aromatic N) is 2. The van der Waals surface area contributed by atoms with Gasteiger partial charge in [-0.3, -0.25) is 4.79 Å². The molecule has 0 saturated carbocycles. The number of methoxy groups -OCH3 is 1. The summed E-state index contributed by atoms with van der Waals surface area (Å²) in [6, 6.07) is 0. The maximum absolute atomic E-state index is 12.2. The van der Waals surface area contributed by atoms with Crippen LogP contribution in [-0.2, 0) is 29.3 Å². The Morgan fingerprint density at radius 1 is 1.50 bits per heavy atom. The largest absolute Gasteiger partial charge is 0.481 e. The number of esters is 1. The first-order valence-corrected chi connectivity index (χ1v) is 7.31. The third kappa shape index (κ3) is 4.13. The van der Waals surface area contributed by atoms with Crippen molar-refractivity contribution < 1.29 is 32.6 Å². The first-order chi connectivity index (χ1) is 9.28. The monoisotopic (exact) mass is 310 g/mol. The Bertz CT molecular complexity index is 464. The van der Waals surface area contributed by atoms with E-state index in [1.165, 1.54) is 14.2 Å². The van der Waals surface area contributed by atoms with Gasteiger partial charge in [-0.05, 0) is 0 Å². The van der Waals surface area contributed by atoms with Gasteiger partial charge >= 0.3 is 11.9 Å². The van der Waals surface area contributed by atoms with Crippen LogP contribution in [0.15, 0.2) is 0 Å². The summed E-state index contributed by atoms with van der Waals surface area (Å²) >= 11 is 0. The first kappa shape index (κ1) is 16.8. The van der Waals surface area contributed by atoms with Gasteiger partial charge < -0.3 is 14.6 Å². The molecule has 1 aliphatic rings. The second-order valence-corrected chi connectivity index (χ2v) is 6.25. The highest BCUT2D eigenvalue weighted by molar-refractivity contribution is 7.86. The van der Waals surface area contributed by atoms with E-state index in [1.807, 2.05) is 0 Å². The highest BCUT2D eigenvalue weighted by Crippen LogP contribution is 2.14. The fourth-order valence-corrected chi connectivity index (χ4v) is 3.02. The molecule has 1 heterocycles. The van der Waals surface area contributed by atoms with E-state index < -0.39 is 28.3 Å². The fourth-order valence-electron chi connectivity index (χ4n) is 1.67. The fraction of sp³-hybridized carbons (Fsp3) is 0.800. The molecule has 0 spiro atoms. The summed E-state index contributed by atoms with van der Waals surface area (Å²) in [5.41, 5.74) is 0. The van der Waals surface area contributed by atoms with Crippen molar-refractivity contribution in [1.29, 1.82) is 0 Å². The lowest BCUT2D eigenvalue weighted by Gasteiger charge is -2.33. The van der Waals surface area contributed by atoms with Gasteiger partial charge in [0.1, 0.15) is 0 Å². The van der Waals surface area contributed by atoms with Crippen molar-refractivity contribution in [3.8, 4) is 0 Å². The van der Waals surface area contributed by atoms with Crippen molar-refractivity contribution in [3.63, 3.8) is 0 Å². The lowest BCUT2D eigenvalue weighted by atomic mass is 10.3. The van der Waals surface area contributed by atoms with Gasteiger partial charge in [0.25, 0.3) is 10.2 Å². The van der Waals surface area contributed by atoms with E-state index in [9.17, 15) is 18.0 Å². The molecule has 9 nitrogen and oxygen atoms in total. The average molecular weight is 310 g/mol. The van der Waals surface area contributed by atoms with Crippen molar-refractivity contribution in [2.24, 2.45) is 0 Å². The number of carbonyl (C=O) groups excluding carboxylic acids is 1. The highest BCUT2D eigenvalue weighted by atomic mass is 32.2. The molecule has 0 aromatic heterocycles. The molecule has 0 aromatic carbocycles. The lowest BCUT2D eigenvalue weighted by molar-refractivity contribution is -0.157. The van der Waals surface area contributed by atoms with E-state index in [1.54, 1.807) is 0 Å². The molecule has 1 aliphatic heterocycles. The van der Waals surface area contributed by atoms with Gasteiger partial charge in [-0.15, -0.1) is 0 Å². The normalized spacial score (nSPS) is 20.9. The quantitative estimate of drug-likeness (QED) is 0.595. The Balaban J connectivity index is 2.71. The molecule has 0 amide bonds. The average Bonchev–Trinajstić information content (AvgIpc) is 2.43. The van der Waals surface area contributed by atoms with Crippen molar-refractivity contribution >= 4 is 22.1 Å². The SMILES string of the molecule is COC(=O)C1CN(S(=O)(=O)N(C)CCC(=O)O)CCO1. The maximum atomic E-state index is 12.2. The smallest absolute Gasteiger partial charge is 0.336 e. The van der Waals surface area contributed by atoms with Crippen molar-refractivity contribution in [1.82, 2.24) is 8.61 Å². The Labute approximate surface area is 117 Å². The van der Waals surface area contributed by atoms with Crippen LogP contribution < -0.4 is 0 Å². The van der Waals surface area contributed by atoms with Gasteiger partial charge in [0, 0.05) is 20.1 Å². The number of morpholine rings is 1. The molecule has 1 atom stereocenters. The molecule has 1 saturated heterocycles. The predicted molar refractivity (Wildman–Crippen MR) is 67.1 cm³/mol. The number of rotatable bonds is 6. The van der Waals surface area contributed by atoms with Gasteiger partial charge in [0.15, 0.2) is 6.10 Å². The molecule has 20 heavy (non-hydrogen) atoms. The van der Waals surface area contributed by atoms with E-state index in [2.05, 4.69) is 4.74 Å². The zero-order valence-corrected chi connectivity index (χ0v) is 12.1. The van der Waals surface area contributed by atoms with E-state index in [4.69, 9.17) is 9.84 Å². The maximum Gasteiger partial charge on any atom is 0.336 e.